The highest BCUT2D eigenvalue weighted by molar-refractivity contribution is 5.85. The van der Waals surface area contributed by atoms with Crippen LogP contribution in [0, 0.1) is 0 Å². The molecule has 0 bridgehead atoms. The second-order valence-corrected chi connectivity index (χ2v) is 1.41. The van der Waals surface area contributed by atoms with E-state index in [-0.39, 0.29) is 19.0 Å². The molecule has 3 nitrogen and oxygen atoms in total. The number of rotatable bonds is 1. The number of hydrogen-bond acceptors (Lipinski definition) is 3. The van der Waals surface area contributed by atoms with E-state index in [1.54, 1.807) is 0 Å². The van der Waals surface area contributed by atoms with Crippen molar-refractivity contribution in [1.82, 2.24) is 5.32 Å². The number of amidine groups is 1. The molecule has 0 saturated heterocycles. The van der Waals surface area contributed by atoms with Gasteiger partial charge in [-0.2, -0.15) is 0 Å². The maximum Gasteiger partial charge on any atom is 0.122 e. The minimum Gasteiger partial charge on any atom is -0.388 e. The summed E-state index contributed by atoms with van der Waals surface area (Å²) >= 11 is 0. The van der Waals surface area contributed by atoms with Crippen molar-refractivity contribution >= 4 is 18.2 Å². The molecule has 0 atom stereocenters. The van der Waals surface area contributed by atoms with Gasteiger partial charge in [-0.3, -0.25) is 4.99 Å². The number of aliphatic hydroxyl groups excluding tert-OH is 1. The first kappa shape index (κ1) is 7.72. The summed E-state index contributed by atoms with van der Waals surface area (Å²) in [6.45, 7) is 1.76. The Bertz CT molecular complexity index is 94.0. The van der Waals surface area contributed by atoms with E-state index in [1.807, 2.05) is 0 Å². The van der Waals surface area contributed by atoms with Crippen LogP contribution >= 0.6 is 12.4 Å². The predicted molar refractivity (Wildman–Crippen MR) is 34.6 cm³/mol. The summed E-state index contributed by atoms with van der Waals surface area (Å²) in [4.78, 5) is 3.91. The molecule has 0 radical (unpaired) electrons. The average molecular weight is 137 g/mol. The molecule has 0 aromatic rings. The van der Waals surface area contributed by atoms with Gasteiger partial charge in [0.15, 0.2) is 0 Å². The van der Waals surface area contributed by atoms with Gasteiger partial charge in [0.25, 0.3) is 0 Å². The van der Waals surface area contributed by atoms with Crippen LogP contribution in [0.15, 0.2) is 4.99 Å². The zero-order chi connectivity index (χ0) is 5.11. The smallest absolute Gasteiger partial charge is 0.122 e. The Morgan fingerprint density at radius 2 is 2.50 bits per heavy atom. The SMILES string of the molecule is Cl.OCC1=NCCN1. The number of aliphatic imine (C=N–C) groups is 1. The predicted octanol–water partition coefficient (Wildman–Crippen LogP) is -0.598. The van der Waals surface area contributed by atoms with E-state index in [1.165, 1.54) is 0 Å². The van der Waals surface area contributed by atoms with Gasteiger partial charge >= 0.3 is 0 Å². The van der Waals surface area contributed by atoms with Crippen molar-refractivity contribution in [2.45, 2.75) is 0 Å². The van der Waals surface area contributed by atoms with E-state index in [0.717, 1.165) is 18.9 Å². The first-order valence-electron chi connectivity index (χ1n) is 2.31. The first-order chi connectivity index (χ1) is 3.43. The summed E-state index contributed by atoms with van der Waals surface area (Å²) in [5, 5.41) is 11.3. The standard InChI is InChI=1S/C4H8N2O.ClH/c7-3-4-5-1-2-6-4;/h7H,1-3H2,(H,5,6);1H. The van der Waals surface area contributed by atoms with E-state index >= 15 is 0 Å². The third-order valence-electron chi connectivity index (χ3n) is 0.893. The summed E-state index contributed by atoms with van der Waals surface area (Å²) in [5.74, 6) is 0.722. The fraction of sp³-hybridized carbons (Fsp3) is 0.750. The molecule has 0 spiro atoms. The van der Waals surface area contributed by atoms with Crippen molar-refractivity contribution in [2.24, 2.45) is 4.99 Å². The maximum absolute atomic E-state index is 8.37. The maximum atomic E-state index is 8.37. The van der Waals surface area contributed by atoms with Gasteiger partial charge in [-0.05, 0) is 0 Å². The Balaban J connectivity index is 0.000000490. The lowest BCUT2D eigenvalue weighted by Gasteiger charge is -1.91. The van der Waals surface area contributed by atoms with Gasteiger partial charge in [0, 0.05) is 6.54 Å². The Labute approximate surface area is 54.2 Å². The van der Waals surface area contributed by atoms with Gasteiger partial charge < -0.3 is 10.4 Å². The van der Waals surface area contributed by atoms with Gasteiger partial charge in [-0.1, -0.05) is 0 Å². The molecule has 0 fully saturated rings. The van der Waals surface area contributed by atoms with Crippen LogP contribution in [0.3, 0.4) is 0 Å². The van der Waals surface area contributed by atoms with E-state index < -0.39 is 0 Å². The number of aliphatic hydroxyl groups is 1. The highest BCUT2D eigenvalue weighted by Crippen LogP contribution is 1.80. The molecule has 4 heteroatoms. The largest absolute Gasteiger partial charge is 0.388 e. The van der Waals surface area contributed by atoms with Crippen molar-refractivity contribution in [3.8, 4) is 0 Å². The molecule has 8 heavy (non-hydrogen) atoms. The van der Waals surface area contributed by atoms with Crippen molar-refractivity contribution < 1.29 is 5.11 Å². The van der Waals surface area contributed by atoms with Gasteiger partial charge in [0.05, 0.1) is 6.54 Å². The summed E-state index contributed by atoms with van der Waals surface area (Å²) < 4.78 is 0. The third-order valence-corrected chi connectivity index (χ3v) is 0.893. The molecular weight excluding hydrogens is 128 g/mol. The Morgan fingerprint density at radius 3 is 2.75 bits per heavy atom. The first-order valence-corrected chi connectivity index (χ1v) is 2.31. The van der Waals surface area contributed by atoms with E-state index in [9.17, 15) is 0 Å². The molecule has 0 amide bonds. The Morgan fingerprint density at radius 1 is 1.75 bits per heavy atom. The number of halogens is 1. The minimum atomic E-state index is 0. The van der Waals surface area contributed by atoms with Gasteiger partial charge in [-0.15, -0.1) is 12.4 Å². The van der Waals surface area contributed by atoms with E-state index in [4.69, 9.17) is 5.11 Å². The molecule has 1 aliphatic rings. The monoisotopic (exact) mass is 136 g/mol. The summed E-state index contributed by atoms with van der Waals surface area (Å²) in [7, 11) is 0. The molecule has 0 saturated carbocycles. The van der Waals surface area contributed by atoms with E-state index in [2.05, 4.69) is 10.3 Å². The number of hydrogen-bond donors (Lipinski definition) is 2. The molecule has 0 aromatic heterocycles. The lowest BCUT2D eigenvalue weighted by molar-refractivity contribution is 0.354. The van der Waals surface area contributed by atoms with Crippen LogP contribution in [0.1, 0.15) is 0 Å². The normalized spacial score (nSPS) is 16.4. The Kier molecular flexibility index (Phi) is 3.56. The number of nitrogens with one attached hydrogen (secondary N) is 1. The molecule has 1 aliphatic heterocycles. The summed E-state index contributed by atoms with van der Waals surface area (Å²) in [5.41, 5.74) is 0. The summed E-state index contributed by atoms with van der Waals surface area (Å²) in [6, 6.07) is 0. The zero-order valence-electron chi connectivity index (χ0n) is 4.42. The van der Waals surface area contributed by atoms with Crippen molar-refractivity contribution in [1.29, 1.82) is 0 Å². The summed E-state index contributed by atoms with van der Waals surface area (Å²) in [6.07, 6.45) is 0. The Hall–Kier alpha value is -0.280. The van der Waals surface area contributed by atoms with Crippen molar-refractivity contribution in [3.63, 3.8) is 0 Å². The minimum absolute atomic E-state index is 0. The molecule has 0 aliphatic carbocycles. The fourth-order valence-electron chi connectivity index (χ4n) is 0.553. The molecule has 1 rings (SSSR count). The van der Waals surface area contributed by atoms with Crippen LogP contribution in [0.5, 0.6) is 0 Å². The van der Waals surface area contributed by atoms with Gasteiger partial charge in [0.1, 0.15) is 12.4 Å². The lowest BCUT2D eigenvalue weighted by Crippen LogP contribution is -2.21. The number of nitrogens with zero attached hydrogens (tertiary/aromatic N) is 1. The molecule has 2 N–H and O–H groups in total. The third kappa shape index (κ3) is 1.68. The van der Waals surface area contributed by atoms with Crippen LogP contribution in [0.2, 0.25) is 0 Å². The van der Waals surface area contributed by atoms with Crippen LogP contribution in [-0.2, 0) is 0 Å². The topological polar surface area (TPSA) is 44.6 Å². The average Bonchev–Trinajstić information content (AvgIpc) is 2.14. The van der Waals surface area contributed by atoms with Crippen LogP contribution in [0.25, 0.3) is 0 Å². The van der Waals surface area contributed by atoms with Crippen molar-refractivity contribution in [3.05, 3.63) is 0 Å². The molecular formula is C4H9ClN2O. The van der Waals surface area contributed by atoms with Crippen LogP contribution in [-0.4, -0.2) is 30.6 Å². The highest BCUT2D eigenvalue weighted by atomic mass is 35.5. The quantitative estimate of drug-likeness (QED) is 0.506. The lowest BCUT2D eigenvalue weighted by atomic mass is 10.6. The molecule has 0 unspecified atom stereocenters. The second kappa shape index (κ2) is 3.69. The van der Waals surface area contributed by atoms with Gasteiger partial charge in [-0.25, -0.2) is 0 Å². The van der Waals surface area contributed by atoms with Crippen LogP contribution < -0.4 is 5.32 Å². The second-order valence-electron chi connectivity index (χ2n) is 1.41. The molecule has 48 valence electrons. The highest BCUT2D eigenvalue weighted by Gasteiger charge is 1.99. The van der Waals surface area contributed by atoms with Gasteiger partial charge in [0.2, 0.25) is 0 Å². The van der Waals surface area contributed by atoms with E-state index in [0.29, 0.717) is 0 Å². The zero-order valence-corrected chi connectivity index (χ0v) is 5.24. The fourth-order valence-corrected chi connectivity index (χ4v) is 0.553. The van der Waals surface area contributed by atoms with Crippen molar-refractivity contribution in [2.75, 3.05) is 19.7 Å². The molecule has 1 heterocycles. The van der Waals surface area contributed by atoms with Crippen LogP contribution in [0.4, 0.5) is 0 Å². The molecule has 0 aromatic carbocycles.